The first-order valence-corrected chi connectivity index (χ1v) is 36.8. The van der Waals surface area contributed by atoms with Gasteiger partial charge in [0.05, 0.1) is 33.6 Å². The second-order valence-corrected chi connectivity index (χ2v) is 27.8. The van der Waals surface area contributed by atoms with Crippen LogP contribution in [0.3, 0.4) is 0 Å². The average molecular weight is 1430 g/mol. The number of benzene rings is 16. The van der Waals surface area contributed by atoms with Crippen molar-refractivity contribution in [3.63, 3.8) is 0 Å². The number of anilines is 12. The summed E-state index contributed by atoms with van der Waals surface area (Å²) in [5, 5.41) is 18.5. The van der Waals surface area contributed by atoms with E-state index in [2.05, 4.69) is 363 Å². The van der Waals surface area contributed by atoms with Crippen LogP contribution < -0.4 is 25.1 Å². The summed E-state index contributed by atoms with van der Waals surface area (Å²) < 4.78 is 1.15. The second kappa shape index (κ2) is 27.8. The lowest BCUT2D eigenvalue weighted by Crippen LogP contribution is -2.36. The van der Waals surface area contributed by atoms with Crippen LogP contribution in [0, 0.1) is 0 Å². The predicted octanol–water partition coefficient (Wildman–Crippen LogP) is 24.4. The van der Waals surface area contributed by atoms with E-state index in [9.17, 15) is 10.0 Å². The molecule has 16 aromatic carbocycles. The third-order valence-corrected chi connectivity index (χ3v) is 21.9. The molecule has 2 N–H and O–H groups in total. The van der Waals surface area contributed by atoms with Gasteiger partial charge >= 0.3 is 7.12 Å². The van der Waals surface area contributed by atoms with Gasteiger partial charge in [-0.25, -0.2) is 0 Å². The van der Waals surface area contributed by atoms with Gasteiger partial charge in [0.15, 0.2) is 0 Å². The van der Waals surface area contributed by atoms with Gasteiger partial charge in [-0.3, -0.25) is 0 Å². The van der Waals surface area contributed by atoms with Gasteiger partial charge in [-0.2, -0.15) is 0 Å². The van der Waals surface area contributed by atoms with Gasteiger partial charge in [0.2, 0.25) is 0 Å². The fourth-order valence-electron chi connectivity index (χ4n) is 17.0. The molecule has 20 rings (SSSR count). The molecule has 0 bridgehead atoms. The number of para-hydroxylation sites is 10. The van der Waals surface area contributed by atoms with Crippen molar-refractivity contribution in [1.29, 1.82) is 0 Å². The minimum atomic E-state index is -1.45. The van der Waals surface area contributed by atoms with E-state index in [0.717, 1.165) is 44.3 Å². The van der Waals surface area contributed by atoms with Crippen molar-refractivity contribution in [2.24, 2.45) is 0 Å². The molecule has 0 saturated heterocycles. The second-order valence-electron chi connectivity index (χ2n) is 26.9. The minimum absolute atomic E-state index is 0.384. The van der Waals surface area contributed by atoms with Gasteiger partial charge in [0, 0.05) is 50.0 Å². The normalized spacial score (nSPS) is 13.0. The van der Waals surface area contributed by atoms with Crippen molar-refractivity contribution in [2.75, 3.05) is 19.6 Å². The summed E-state index contributed by atoms with van der Waals surface area (Å²) in [6, 6.07) is 146. The SMILES string of the molecule is Brc1cccc2c1C1(c3ccccc3-2)c2ccccc2N(c2ccccc2)c2ccccc21.OB(O)c1ccc(N(c2ccccc2)c2ccccc2)cc1.c1ccc(N(c2ccccc2)c2ccc(-c3cccc4c3C3(c5ccccc5-4)c4ccccc4N(c4ccccc4)c4ccccc43)cc2)cc1. The lowest BCUT2D eigenvalue weighted by Gasteiger charge is -2.45. The molecule has 16 aromatic rings. The first-order valence-electron chi connectivity index (χ1n) is 36.0. The van der Waals surface area contributed by atoms with Crippen LogP contribution in [0.4, 0.5) is 68.2 Å². The standard InChI is InChI=1S/C49H34N2.C31H20BrN.C18H16BNO2/c1-4-17-36(18-5-1)50(37-19-6-2-7-20-37)39-33-31-35(32-34-39)40-24-16-25-42-41-23-10-11-26-43(41)49(48(40)42)44-27-12-14-29-46(44)51(38-21-8-3-9-22-38)47-30-15-13-28-45(47)49;32-27-18-10-14-23-22-13-4-5-15-24(22)31(30(23)27)25-16-6-8-19-28(25)33(21-11-2-1-3-12-21)29-20-9-7-17-26(29)31;21-19(22)15-11-13-18(14-12-15)20(16-7-3-1-4-8-16)17-9-5-2-6-10-17/h1-34H;1-20H;1-14,21-22H. The van der Waals surface area contributed by atoms with E-state index >= 15 is 0 Å². The summed E-state index contributed by atoms with van der Waals surface area (Å²) in [6.45, 7) is 0. The fraction of sp³-hybridized carbons (Fsp3) is 0.0204. The highest BCUT2D eigenvalue weighted by atomic mass is 79.9. The molecule has 8 heteroatoms. The molecule has 504 valence electrons. The van der Waals surface area contributed by atoms with Crippen LogP contribution in [0.15, 0.2) is 417 Å². The van der Waals surface area contributed by atoms with Gasteiger partial charge in [-0.1, -0.05) is 301 Å². The topological polar surface area (TPSA) is 53.4 Å². The third kappa shape index (κ3) is 10.9. The number of nitrogens with zero attached hydrogens (tertiary/aromatic N) is 4. The fourth-order valence-corrected chi connectivity index (χ4v) is 17.7. The molecule has 0 amide bonds. The molecule has 2 aliphatic carbocycles. The number of rotatable bonds is 10. The zero-order valence-corrected chi connectivity index (χ0v) is 59.5. The van der Waals surface area contributed by atoms with Crippen molar-refractivity contribution in [1.82, 2.24) is 0 Å². The molecule has 106 heavy (non-hydrogen) atoms. The highest BCUT2D eigenvalue weighted by molar-refractivity contribution is 9.10. The number of halogens is 1. The Bertz CT molecular complexity index is 5680. The number of fused-ring (bicyclic) bond motifs is 18. The summed E-state index contributed by atoms with van der Waals surface area (Å²) in [5.74, 6) is 0. The summed E-state index contributed by atoms with van der Waals surface area (Å²) >= 11 is 3.97. The number of hydrogen-bond donors (Lipinski definition) is 2. The largest absolute Gasteiger partial charge is 0.488 e. The highest BCUT2D eigenvalue weighted by Crippen LogP contribution is 2.67. The van der Waals surface area contributed by atoms with Crippen molar-refractivity contribution in [3.05, 3.63) is 461 Å². The predicted molar refractivity (Wildman–Crippen MR) is 443 cm³/mol. The Morgan fingerprint density at radius 3 is 0.887 bits per heavy atom. The molecule has 0 aromatic heterocycles. The van der Waals surface area contributed by atoms with E-state index in [1.807, 2.05) is 72.8 Å². The summed E-state index contributed by atoms with van der Waals surface area (Å²) in [5.41, 5.74) is 31.4. The molecule has 0 saturated carbocycles. The van der Waals surface area contributed by atoms with E-state index < -0.39 is 12.5 Å². The van der Waals surface area contributed by atoms with Gasteiger partial charge in [-0.15, -0.1) is 0 Å². The maximum Gasteiger partial charge on any atom is 0.488 e. The smallest absolute Gasteiger partial charge is 0.423 e. The molecule has 0 radical (unpaired) electrons. The molecule has 2 aliphatic heterocycles. The Labute approximate surface area is 627 Å². The van der Waals surface area contributed by atoms with E-state index in [4.69, 9.17) is 0 Å². The molecular weight excluding hydrogens is 1360 g/mol. The Hall–Kier alpha value is -12.8. The Morgan fingerprint density at radius 1 is 0.236 bits per heavy atom. The van der Waals surface area contributed by atoms with Crippen molar-refractivity contribution in [2.45, 2.75) is 10.8 Å². The average Bonchev–Trinajstić information content (AvgIpc) is 1.47. The van der Waals surface area contributed by atoms with Crippen LogP contribution >= 0.6 is 15.9 Å². The molecule has 0 fully saturated rings. The van der Waals surface area contributed by atoms with Crippen LogP contribution in [-0.4, -0.2) is 17.2 Å². The van der Waals surface area contributed by atoms with E-state index in [0.29, 0.717) is 5.46 Å². The Morgan fingerprint density at radius 2 is 0.509 bits per heavy atom. The highest BCUT2D eigenvalue weighted by Gasteiger charge is 2.54. The summed E-state index contributed by atoms with van der Waals surface area (Å²) in [4.78, 5) is 9.29. The lowest BCUT2D eigenvalue weighted by atomic mass is 9.63. The zero-order chi connectivity index (χ0) is 71.1. The van der Waals surface area contributed by atoms with Crippen molar-refractivity contribution >= 4 is 96.8 Å². The molecule has 2 spiro atoms. The molecule has 2 heterocycles. The third-order valence-electron chi connectivity index (χ3n) is 21.2. The van der Waals surface area contributed by atoms with Gasteiger partial charge < -0.3 is 29.6 Å². The van der Waals surface area contributed by atoms with Gasteiger partial charge in [-0.05, 0) is 211 Å². The maximum absolute atomic E-state index is 9.23. The quantitative estimate of drug-likeness (QED) is 0.133. The van der Waals surface area contributed by atoms with Gasteiger partial charge in [0.1, 0.15) is 0 Å². The van der Waals surface area contributed by atoms with Crippen LogP contribution in [-0.2, 0) is 10.8 Å². The van der Waals surface area contributed by atoms with Gasteiger partial charge in [0.25, 0.3) is 0 Å². The summed E-state index contributed by atoms with van der Waals surface area (Å²) in [7, 11) is -1.45. The van der Waals surface area contributed by atoms with Crippen LogP contribution in [0.25, 0.3) is 33.4 Å². The summed E-state index contributed by atoms with van der Waals surface area (Å²) in [6.07, 6.45) is 0. The lowest BCUT2D eigenvalue weighted by molar-refractivity contribution is 0.426. The van der Waals surface area contributed by atoms with Crippen LogP contribution in [0.1, 0.15) is 44.5 Å². The van der Waals surface area contributed by atoms with Crippen molar-refractivity contribution < 1.29 is 10.0 Å². The van der Waals surface area contributed by atoms with E-state index in [1.54, 1.807) is 12.1 Å². The Kier molecular flexibility index (Phi) is 17.1. The first-order chi connectivity index (χ1) is 52.4. The van der Waals surface area contributed by atoms with E-state index in [1.165, 1.54) is 106 Å². The van der Waals surface area contributed by atoms with Crippen molar-refractivity contribution in [3.8, 4) is 33.4 Å². The molecule has 4 aliphatic rings. The van der Waals surface area contributed by atoms with E-state index in [-0.39, 0.29) is 5.41 Å². The molecule has 0 unspecified atom stereocenters. The molecular formula is C98H70BBrN4O2. The first kappa shape index (κ1) is 65.2. The molecule has 0 atom stereocenters. The van der Waals surface area contributed by atoms with Crippen LogP contribution in [0.2, 0.25) is 0 Å². The zero-order valence-electron chi connectivity index (χ0n) is 57.9. The minimum Gasteiger partial charge on any atom is -0.423 e. The van der Waals surface area contributed by atoms with Crippen LogP contribution in [0.5, 0.6) is 0 Å². The maximum atomic E-state index is 9.23. The monoisotopic (exact) mass is 1420 g/mol. The number of hydrogen-bond acceptors (Lipinski definition) is 6. The Balaban J connectivity index is 0.000000124. The molecule has 6 nitrogen and oxygen atoms in total.